The summed E-state index contributed by atoms with van der Waals surface area (Å²) in [6.45, 7) is 4.80. The molecule has 0 radical (unpaired) electrons. The summed E-state index contributed by atoms with van der Waals surface area (Å²) in [5.41, 5.74) is 0. The van der Waals surface area contributed by atoms with E-state index in [1.165, 1.54) is 32.1 Å². The van der Waals surface area contributed by atoms with Crippen molar-refractivity contribution in [3.8, 4) is 0 Å². The Morgan fingerprint density at radius 3 is 2.13 bits per heavy atom. The van der Waals surface area contributed by atoms with E-state index in [0.29, 0.717) is 5.78 Å². The third kappa shape index (κ3) is 2.62. The Kier molecular flexibility index (Phi) is 3.48. The van der Waals surface area contributed by atoms with E-state index in [1.54, 1.807) is 0 Å². The highest BCUT2D eigenvalue weighted by molar-refractivity contribution is 5.79. The molecule has 0 N–H and O–H groups in total. The van der Waals surface area contributed by atoms with Crippen LogP contribution < -0.4 is 0 Å². The van der Waals surface area contributed by atoms with Gasteiger partial charge >= 0.3 is 0 Å². The van der Waals surface area contributed by atoms with Gasteiger partial charge in [0.1, 0.15) is 5.78 Å². The van der Waals surface area contributed by atoms with Gasteiger partial charge in [-0.05, 0) is 49.4 Å². The van der Waals surface area contributed by atoms with Crippen molar-refractivity contribution in [2.75, 3.05) is 0 Å². The van der Waals surface area contributed by atoms with Gasteiger partial charge in [0.25, 0.3) is 0 Å². The van der Waals surface area contributed by atoms with Crippen LogP contribution in [0.4, 0.5) is 0 Å². The fraction of sp³-hybridized carbons (Fsp3) is 0.929. The molecule has 0 aromatic heterocycles. The first-order chi connectivity index (χ1) is 7.16. The van der Waals surface area contributed by atoms with Crippen molar-refractivity contribution in [3.05, 3.63) is 0 Å². The van der Waals surface area contributed by atoms with E-state index in [-0.39, 0.29) is 0 Å². The molecule has 0 spiro atoms. The number of carbonyl (C=O) groups is 1. The van der Waals surface area contributed by atoms with Crippen molar-refractivity contribution in [1.82, 2.24) is 0 Å². The van der Waals surface area contributed by atoms with E-state index >= 15 is 0 Å². The number of carbonyl (C=O) groups excluding carboxylic acids is 1. The SMILES string of the molecule is CC1CCC(C2CCC(=O)CC2)CC1C. The van der Waals surface area contributed by atoms with Crippen LogP contribution in [0, 0.1) is 23.7 Å². The highest BCUT2D eigenvalue weighted by atomic mass is 16.1. The molecule has 0 amide bonds. The standard InChI is InChI=1S/C14H24O/c1-10-3-4-13(9-11(10)2)12-5-7-14(15)8-6-12/h10-13H,3-9H2,1-2H3. The maximum Gasteiger partial charge on any atom is 0.132 e. The highest BCUT2D eigenvalue weighted by Crippen LogP contribution is 2.41. The Morgan fingerprint density at radius 2 is 1.53 bits per heavy atom. The van der Waals surface area contributed by atoms with Gasteiger partial charge in [-0.3, -0.25) is 4.79 Å². The first-order valence-electron chi connectivity index (χ1n) is 6.68. The second-order valence-corrected chi connectivity index (χ2v) is 5.90. The molecule has 15 heavy (non-hydrogen) atoms. The van der Waals surface area contributed by atoms with Crippen LogP contribution in [0.15, 0.2) is 0 Å². The van der Waals surface area contributed by atoms with Gasteiger partial charge in [0.2, 0.25) is 0 Å². The molecule has 0 aliphatic heterocycles. The van der Waals surface area contributed by atoms with Crippen LogP contribution in [0.1, 0.15) is 58.8 Å². The topological polar surface area (TPSA) is 17.1 Å². The summed E-state index contributed by atoms with van der Waals surface area (Å²) in [6, 6.07) is 0. The Labute approximate surface area is 93.6 Å². The maximum absolute atomic E-state index is 11.2. The van der Waals surface area contributed by atoms with Gasteiger partial charge in [-0.2, -0.15) is 0 Å². The van der Waals surface area contributed by atoms with E-state index in [9.17, 15) is 4.79 Å². The molecule has 2 aliphatic rings. The molecule has 3 atom stereocenters. The van der Waals surface area contributed by atoms with E-state index in [4.69, 9.17) is 0 Å². The predicted octanol–water partition coefficient (Wildman–Crippen LogP) is 3.82. The molecule has 0 saturated heterocycles. The summed E-state index contributed by atoms with van der Waals surface area (Å²) in [7, 11) is 0. The minimum atomic E-state index is 0.503. The van der Waals surface area contributed by atoms with Crippen LogP contribution in [0.3, 0.4) is 0 Å². The number of Topliss-reactive ketones (excluding diaryl/α,β-unsaturated/α-hetero) is 1. The summed E-state index contributed by atoms with van der Waals surface area (Å²) in [5, 5.41) is 0. The number of hydrogen-bond donors (Lipinski definition) is 0. The minimum absolute atomic E-state index is 0.503. The smallest absolute Gasteiger partial charge is 0.132 e. The first-order valence-corrected chi connectivity index (χ1v) is 6.68. The molecule has 0 aromatic carbocycles. The lowest BCUT2D eigenvalue weighted by Crippen LogP contribution is -2.28. The zero-order chi connectivity index (χ0) is 10.8. The number of hydrogen-bond acceptors (Lipinski definition) is 1. The Hall–Kier alpha value is -0.330. The molecular formula is C14H24O. The summed E-state index contributed by atoms with van der Waals surface area (Å²) in [6.07, 6.45) is 8.35. The summed E-state index contributed by atoms with van der Waals surface area (Å²) in [5.74, 6) is 4.14. The van der Waals surface area contributed by atoms with Gasteiger partial charge in [0.15, 0.2) is 0 Å². The van der Waals surface area contributed by atoms with Gasteiger partial charge in [-0.25, -0.2) is 0 Å². The van der Waals surface area contributed by atoms with Gasteiger partial charge in [-0.1, -0.05) is 20.3 Å². The molecule has 0 bridgehead atoms. The van der Waals surface area contributed by atoms with E-state index in [0.717, 1.165) is 36.5 Å². The van der Waals surface area contributed by atoms with E-state index < -0.39 is 0 Å². The van der Waals surface area contributed by atoms with Crippen molar-refractivity contribution >= 4 is 5.78 Å². The predicted molar refractivity (Wildman–Crippen MR) is 62.6 cm³/mol. The third-order valence-corrected chi connectivity index (χ3v) is 4.89. The number of rotatable bonds is 1. The lowest BCUT2D eigenvalue weighted by Gasteiger charge is -2.38. The Morgan fingerprint density at radius 1 is 0.867 bits per heavy atom. The second kappa shape index (κ2) is 4.67. The van der Waals surface area contributed by atoms with Crippen LogP contribution in [0.2, 0.25) is 0 Å². The molecule has 2 fully saturated rings. The fourth-order valence-corrected chi connectivity index (χ4v) is 3.45. The Balaban J connectivity index is 1.86. The van der Waals surface area contributed by atoms with Gasteiger partial charge in [-0.15, -0.1) is 0 Å². The largest absolute Gasteiger partial charge is 0.300 e. The van der Waals surface area contributed by atoms with Gasteiger partial charge in [0.05, 0.1) is 0 Å². The van der Waals surface area contributed by atoms with Crippen LogP contribution in [-0.2, 0) is 4.79 Å². The molecular weight excluding hydrogens is 184 g/mol. The lowest BCUT2D eigenvalue weighted by molar-refractivity contribution is -0.121. The second-order valence-electron chi connectivity index (χ2n) is 5.90. The molecule has 3 unspecified atom stereocenters. The molecule has 2 aliphatic carbocycles. The van der Waals surface area contributed by atoms with Crippen molar-refractivity contribution in [2.24, 2.45) is 23.7 Å². The summed E-state index contributed by atoms with van der Waals surface area (Å²) in [4.78, 5) is 11.2. The third-order valence-electron chi connectivity index (χ3n) is 4.89. The minimum Gasteiger partial charge on any atom is -0.300 e. The molecule has 86 valence electrons. The highest BCUT2D eigenvalue weighted by Gasteiger charge is 2.31. The van der Waals surface area contributed by atoms with Gasteiger partial charge in [0, 0.05) is 12.8 Å². The zero-order valence-electron chi connectivity index (χ0n) is 10.2. The molecule has 2 saturated carbocycles. The normalized spacial score (nSPS) is 39.3. The average Bonchev–Trinajstić information content (AvgIpc) is 2.23. The van der Waals surface area contributed by atoms with Crippen molar-refractivity contribution in [3.63, 3.8) is 0 Å². The van der Waals surface area contributed by atoms with Crippen molar-refractivity contribution < 1.29 is 4.79 Å². The lowest BCUT2D eigenvalue weighted by atomic mass is 9.68. The van der Waals surface area contributed by atoms with Crippen LogP contribution in [0.5, 0.6) is 0 Å². The van der Waals surface area contributed by atoms with E-state index in [1.807, 2.05) is 0 Å². The number of ketones is 1. The summed E-state index contributed by atoms with van der Waals surface area (Å²) < 4.78 is 0. The maximum atomic E-state index is 11.2. The zero-order valence-corrected chi connectivity index (χ0v) is 10.2. The average molecular weight is 208 g/mol. The molecule has 0 heterocycles. The molecule has 2 rings (SSSR count). The fourth-order valence-electron chi connectivity index (χ4n) is 3.45. The van der Waals surface area contributed by atoms with Crippen molar-refractivity contribution in [2.45, 2.75) is 58.8 Å². The monoisotopic (exact) mass is 208 g/mol. The van der Waals surface area contributed by atoms with Gasteiger partial charge < -0.3 is 0 Å². The van der Waals surface area contributed by atoms with Crippen molar-refractivity contribution in [1.29, 1.82) is 0 Å². The quantitative estimate of drug-likeness (QED) is 0.640. The molecule has 1 heteroatoms. The van der Waals surface area contributed by atoms with Crippen LogP contribution in [-0.4, -0.2) is 5.78 Å². The van der Waals surface area contributed by atoms with E-state index in [2.05, 4.69) is 13.8 Å². The summed E-state index contributed by atoms with van der Waals surface area (Å²) >= 11 is 0. The first kappa shape index (κ1) is 11.2. The molecule has 0 aromatic rings. The molecule has 1 nitrogen and oxygen atoms in total. The Bertz CT molecular complexity index is 223. The van der Waals surface area contributed by atoms with Crippen LogP contribution >= 0.6 is 0 Å². The van der Waals surface area contributed by atoms with Crippen LogP contribution in [0.25, 0.3) is 0 Å².